The first-order valence-electron chi connectivity index (χ1n) is 8.40. The Bertz CT molecular complexity index is 591. The predicted molar refractivity (Wildman–Crippen MR) is 86.6 cm³/mol. The number of carbonyl (C=O) groups excluding carboxylic acids is 1. The molecule has 122 valence electrons. The van der Waals surface area contributed by atoms with Gasteiger partial charge < -0.3 is 5.32 Å². The molecule has 1 aromatic carbocycles. The van der Waals surface area contributed by atoms with Crippen molar-refractivity contribution in [3.8, 4) is 0 Å². The molecule has 1 aromatic heterocycles. The Kier molecular flexibility index (Phi) is 5.34. The molecule has 0 saturated heterocycles. The zero-order valence-corrected chi connectivity index (χ0v) is 13.3. The van der Waals surface area contributed by atoms with E-state index in [-0.39, 0.29) is 11.9 Å². The van der Waals surface area contributed by atoms with E-state index in [9.17, 15) is 4.79 Å². The lowest BCUT2D eigenvalue weighted by Crippen LogP contribution is -2.40. The van der Waals surface area contributed by atoms with E-state index in [1.165, 1.54) is 32.0 Å². The van der Waals surface area contributed by atoms with Crippen LogP contribution in [0.1, 0.15) is 50.1 Å². The van der Waals surface area contributed by atoms with Crippen LogP contribution in [0.25, 0.3) is 0 Å². The Labute approximate surface area is 136 Å². The van der Waals surface area contributed by atoms with E-state index >= 15 is 0 Å². The van der Waals surface area contributed by atoms with Crippen molar-refractivity contribution in [2.24, 2.45) is 0 Å². The van der Waals surface area contributed by atoms with E-state index in [1.54, 1.807) is 4.68 Å². The summed E-state index contributed by atoms with van der Waals surface area (Å²) in [5.74, 6) is 0.00746. The lowest BCUT2D eigenvalue weighted by atomic mass is 10.0. The average Bonchev–Trinajstić information content (AvgIpc) is 2.98. The quantitative estimate of drug-likeness (QED) is 0.860. The van der Waals surface area contributed by atoms with Gasteiger partial charge in [-0.25, -0.2) is 4.68 Å². The second-order valence-corrected chi connectivity index (χ2v) is 6.19. The number of benzene rings is 1. The number of aromatic nitrogens is 4. The molecule has 2 aromatic rings. The summed E-state index contributed by atoms with van der Waals surface area (Å²) in [5, 5.41) is 14.5. The maximum atomic E-state index is 12.8. The molecular weight excluding hydrogens is 290 g/mol. The molecule has 1 heterocycles. The molecule has 6 nitrogen and oxygen atoms in total. The van der Waals surface area contributed by atoms with E-state index in [0.29, 0.717) is 6.42 Å². The fraction of sp³-hybridized carbons (Fsp3) is 0.529. The van der Waals surface area contributed by atoms with Crippen LogP contribution in [-0.4, -0.2) is 32.2 Å². The molecule has 1 atom stereocenters. The van der Waals surface area contributed by atoms with Gasteiger partial charge >= 0.3 is 0 Å². The van der Waals surface area contributed by atoms with Crippen LogP contribution in [0, 0.1) is 0 Å². The first-order chi connectivity index (χ1) is 11.3. The molecule has 0 radical (unpaired) electrons. The van der Waals surface area contributed by atoms with Gasteiger partial charge in [0.2, 0.25) is 5.91 Å². The van der Waals surface area contributed by atoms with Gasteiger partial charge in [-0.15, -0.1) is 5.10 Å². The minimum Gasteiger partial charge on any atom is -0.352 e. The molecule has 0 bridgehead atoms. The van der Waals surface area contributed by atoms with Gasteiger partial charge in [0.25, 0.3) is 0 Å². The minimum atomic E-state index is -0.407. The SMILES string of the molecule is O=C(NC1CCCCCC1)[C@@H](Cc1ccccc1)n1cnnn1. The Morgan fingerprint density at radius 1 is 1.17 bits per heavy atom. The highest BCUT2D eigenvalue weighted by Gasteiger charge is 2.25. The molecule has 0 aliphatic heterocycles. The Morgan fingerprint density at radius 3 is 2.57 bits per heavy atom. The zero-order chi connectivity index (χ0) is 15.9. The van der Waals surface area contributed by atoms with E-state index in [2.05, 4.69) is 20.8 Å². The summed E-state index contributed by atoms with van der Waals surface area (Å²) in [6, 6.07) is 9.85. The largest absolute Gasteiger partial charge is 0.352 e. The maximum absolute atomic E-state index is 12.8. The molecule has 1 aliphatic carbocycles. The lowest BCUT2D eigenvalue weighted by Gasteiger charge is -2.21. The second-order valence-electron chi connectivity index (χ2n) is 6.19. The number of nitrogens with one attached hydrogen (secondary N) is 1. The van der Waals surface area contributed by atoms with Crippen LogP contribution in [0.15, 0.2) is 36.7 Å². The van der Waals surface area contributed by atoms with Crippen LogP contribution in [0.2, 0.25) is 0 Å². The van der Waals surface area contributed by atoms with Gasteiger partial charge in [-0.3, -0.25) is 4.79 Å². The van der Waals surface area contributed by atoms with Crippen LogP contribution in [0.3, 0.4) is 0 Å². The van der Waals surface area contributed by atoms with Gasteiger partial charge in [0.05, 0.1) is 0 Å². The van der Waals surface area contributed by atoms with Crippen LogP contribution >= 0.6 is 0 Å². The number of hydrogen-bond acceptors (Lipinski definition) is 4. The van der Waals surface area contributed by atoms with Gasteiger partial charge in [0, 0.05) is 12.5 Å². The van der Waals surface area contributed by atoms with E-state index in [1.807, 2.05) is 30.3 Å². The third kappa shape index (κ3) is 4.37. The van der Waals surface area contributed by atoms with Crippen molar-refractivity contribution in [2.75, 3.05) is 0 Å². The molecule has 0 unspecified atom stereocenters. The van der Waals surface area contributed by atoms with Crippen molar-refractivity contribution in [2.45, 2.75) is 57.0 Å². The molecule has 1 saturated carbocycles. The van der Waals surface area contributed by atoms with Crippen molar-refractivity contribution < 1.29 is 4.79 Å². The monoisotopic (exact) mass is 313 g/mol. The highest BCUT2D eigenvalue weighted by Crippen LogP contribution is 2.19. The average molecular weight is 313 g/mol. The van der Waals surface area contributed by atoms with E-state index < -0.39 is 6.04 Å². The molecule has 0 spiro atoms. The van der Waals surface area contributed by atoms with Gasteiger partial charge in [0.1, 0.15) is 12.4 Å². The molecule has 6 heteroatoms. The second kappa shape index (κ2) is 7.85. The topological polar surface area (TPSA) is 72.7 Å². The normalized spacial score (nSPS) is 17.4. The lowest BCUT2D eigenvalue weighted by molar-refractivity contribution is -0.125. The number of amides is 1. The van der Waals surface area contributed by atoms with Crippen molar-refractivity contribution in [1.82, 2.24) is 25.5 Å². The van der Waals surface area contributed by atoms with E-state index in [0.717, 1.165) is 18.4 Å². The summed E-state index contributed by atoms with van der Waals surface area (Å²) >= 11 is 0. The molecule has 1 aliphatic rings. The third-order valence-electron chi connectivity index (χ3n) is 4.46. The number of hydrogen-bond donors (Lipinski definition) is 1. The van der Waals surface area contributed by atoms with Crippen molar-refractivity contribution >= 4 is 5.91 Å². The molecule has 23 heavy (non-hydrogen) atoms. The Balaban J connectivity index is 1.71. The Hall–Kier alpha value is -2.24. The standard InChI is InChI=1S/C17H23N5O/c23-17(19-15-10-6-1-2-7-11-15)16(22-13-18-20-21-22)12-14-8-4-3-5-9-14/h3-5,8-9,13,15-16H,1-2,6-7,10-12H2,(H,19,23)/t16-/m1/s1. The molecular formula is C17H23N5O. The summed E-state index contributed by atoms with van der Waals surface area (Å²) in [7, 11) is 0. The number of tetrazole rings is 1. The summed E-state index contributed by atoms with van der Waals surface area (Å²) < 4.78 is 1.55. The summed E-state index contributed by atoms with van der Waals surface area (Å²) in [5.41, 5.74) is 1.10. The van der Waals surface area contributed by atoms with Crippen molar-refractivity contribution in [1.29, 1.82) is 0 Å². The van der Waals surface area contributed by atoms with E-state index in [4.69, 9.17) is 0 Å². The van der Waals surface area contributed by atoms with Crippen LogP contribution in [0.5, 0.6) is 0 Å². The number of carbonyl (C=O) groups is 1. The fourth-order valence-electron chi connectivity index (χ4n) is 3.18. The van der Waals surface area contributed by atoms with Gasteiger partial charge in [-0.05, 0) is 28.8 Å². The summed E-state index contributed by atoms with van der Waals surface area (Å²) in [6.07, 6.45) is 9.17. The van der Waals surface area contributed by atoms with Gasteiger partial charge in [0.15, 0.2) is 0 Å². The molecule has 1 N–H and O–H groups in total. The van der Waals surface area contributed by atoms with Crippen LogP contribution < -0.4 is 5.32 Å². The highest BCUT2D eigenvalue weighted by molar-refractivity contribution is 5.80. The summed E-state index contributed by atoms with van der Waals surface area (Å²) in [6.45, 7) is 0. The van der Waals surface area contributed by atoms with Crippen molar-refractivity contribution in [3.63, 3.8) is 0 Å². The Morgan fingerprint density at radius 2 is 1.91 bits per heavy atom. The third-order valence-corrected chi connectivity index (χ3v) is 4.46. The number of rotatable bonds is 5. The van der Waals surface area contributed by atoms with Crippen LogP contribution in [0.4, 0.5) is 0 Å². The highest BCUT2D eigenvalue weighted by atomic mass is 16.2. The number of nitrogens with zero attached hydrogens (tertiary/aromatic N) is 4. The van der Waals surface area contributed by atoms with Crippen molar-refractivity contribution in [3.05, 3.63) is 42.2 Å². The summed E-state index contributed by atoms with van der Waals surface area (Å²) in [4.78, 5) is 12.8. The molecule has 3 rings (SSSR count). The minimum absolute atomic E-state index is 0.00746. The first-order valence-corrected chi connectivity index (χ1v) is 8.40. The maximum Gasteiger partial charge on any atom is 0.245 e. The predicted octanol–water partition coefficient (Wildman–Crippen LogP) is 2.30. The van der Waals surface area contributed by atoms with Gasteiger partial charge in [-0.1, -0.05) is 56.0 Å². The molecule has 1 fully saturated rings. The van der Waals surface area contributed by atoms with Crippen LogP contribution in [-0.2, 0) is 11.2 Å². The van der Waals surface area contributed by atoms with Gasteiger partial charge in [-0.2, -0.15) is 0 Å². The zero-order valence-electron chi connectivity index (χ0n) is 13.3. The molecule has 1 amide bonds. The first kappa shape index (κ1) is 15.6. The fourth-order valence-corrected chi connectivity index (χ4v) is 3.18. The smallest absolute Gasteiger partial charge is 0.245 e.